The zero-order chi connectivity index (χ0) is 16.8. The molecule has 23 heavy (non-hydrogen) atoms. The number of carbonyl (C=O) groups is 1. The molecule has 0 fully saturated rings. The van der Waals surface area contributed by atoms with Crippen molar-refractivity contribution in [2.45, 2.75) is 0 Å². The Labute approximate surface area is 142 Å². The predicted octanol–water partition coefficient (Wildman–Crippen LogP) is 3.19. The summed E-state index contributed by atoms with van der Waals surface area (Å²) in [5.74, 6) is 0.809. The maximum atomic E-state index is 12.2. The minimum atomic E-state index is -0.400. The van der Waals surface area contributed by atoms with Gasteiger partial charge in [0, 0.05) is 10.4 Å². The molecule has 0 bridgehead atoms. The molecule has 0 aliphatic heterocycles. The smallest absolute Gasteiger partial charge is 0.271 e. The van der Waals surface area contributed by atoms with Gasteiger partial charge in [0.25, 0.3) is 5.91 Å². The fraction of sp³-hybridized carbons (Fsp3) is 0.200. The van der Waals surface area contributed by atoms with Crippen LogP contribution in [0.15, 0.2) is 29.4 Å². The van der Waals surface area contributed by atoms with Gasteiger partial charge < -0.3 is 14.2 Å². The van der Waals surface area contributed by atoms with Crippen LogP contribution in [0.3, 0.4) is 0 Å². The number of hydrazone groups is 1. The van der Waals surface area contributed by atoms with E-state index in [1.165, 1.54) is 38.9 Å². The number of methoxy groups -OCH3 is 3. The van der Waals surface area contributed by atoms with Gasteiger partial charge in [0.1, 0.15) is 0 Å². The van der Waals surface area contributed by atoms with E-state index in [-0.39, 0.29) is 0 Å². The first-order valence-corrected chi connectivity index (χ1v) is 7.67. The number of hydrogen-bond acceptors (Lipinski definition) is 6. The molecule has 6 nitrogen and oxygen atoms in total. The van der Waals surface area contributed by atoms with Crippen molar-refractivity contribution < 1.29 is 19.0 Å². The molecule has 2 rings (SSSR count). The average Bonchev–Trinajstić information content (AvgIpc) is 2.98. The van der Waals surface area contributed by atoms with E-state index < -0.39 is 5.91 Å². The standard InChI is InChI=1S/C15H15ClN2O4S/c1-20-11-6-9(7-12(21-2)14(11)22-3)15(19)18-17-8-10-4-5-13(16)23-10/h4-8H,1-3H3,(H,18,19)/b17-8+. The molecule has 0 saturated carbocycles. The van der Waals surface area contributed by atoms with Crippen LogP contribution in [0.4, 0.5) is 0 Å². The van der Waals surface area contributed by atoms with Crippen molar-refractivity contribution in [1.29, 1.82) is 0 Å². The summed E-state index contributed by atoms with van der Waals surface area (Å²) in [5.41, 5.74) is 2.77. The molecule has 0 radical (unpaired) electrons. The highest BCUT2D eigenvalue weighted by Crippen LogP contribution is 2.38. The Hall–Kier alpha value is -2.25. The SMILES string of the molecule is COc1cc(C(=O)N/N=C/c2ccc(Cl)s2)cc(OC)c1OC. The number of benzene rings is 1. The summed E-state index contributed by atoms with van der Waals surface area (Å²) in [6.45, 7) is 0. The van der Waals surface area contributed by atoms with Crippen molar-refractivity contribution in [3.63, 3.8) is 0 Å². The van der Waals surface area contributed by atoms with Crippen LogP contribution in [0.2, 0.25) is 4.34 Å². The van der Waals surface area contributed by atoms with Crippen LogP contribution >= 0.6 is 22.9 Å². The Bertz CT molecular complexity index is 705. The lowest BCUT2D eigenvalue weighted by atomic mass is 10.1. The van der Waals surface area contributed by atoms with Crippen LogP contribution in [0.1, 0.15) is 15.2 Å². The molecule has 1 N–H and O–H groups in total. The molecule has 0 unspecified atom stereocenters. The molecule has 0 spiro atoms. The van der Waals surface area contributed by atoms with Gasteiger partial charge in [-0.05, 0) is 24.3 Å². The predicted molar refractivity (Wildman–Crippen MR) is 90.5 cm³/mol. The van der Waals surface area contributed by atoms with Crippen LogP contribution in [-0.4, -0.2) is 33.5 Å². The van der Waals surface area contributed by atoms with Crippen molar-refractivity contribution in [1.82, 2.24) is 5.43 Å². The van der Waals surface area contributed by atoms with Gasteiger partial charge in [-0.2, -0.15) is 5.10 Å². The summed E-state index contributed by atoms with van der Waals surface area (Å²) < 4.78 is 16.3. The third kappa shape index (κ3) is 4.14. The highest BCUT2D eigenvalue weighted by atomic mass is 35.5. The molecule has 1 aromatic heterocycles. The highest BCUT2D eigenvalue weighted by molar-refractivity contribution is 7.17. The first-order valence-electron chi connectivity index (χ1n) is 6.47. The largest absolute Gasteiger partial charge is 0.493 e. The van der Waals surface area contributed by atoms with Gasteiger partial charge in [-0.3, -0.25) is 4.79 Å². The fourth-order valence-electron chi connectivity index (χ4n) is 1.83. The maximum absolute atomic E-state index is 12.2. The van der Waals surface area contributed by atoms with Crippen molar-refractivity contribution in [3.05, 3.63) is 39.0 Å². The van der Waals surface area contributed by atoms with Crippen LogP contribution < -0.4 is 19.6 Å². The van der Waals surface area contributed by atoms with Crippen molar-refractivity contribution in [2.75, 3.05) is 21.3 Å². The van der Waals surface area contributed by atoms with Crippen molar-refractivity contribution in [3.8, 4) is 17.2 Å². The fourth-order valence-corrected chi connectivity index (χ4v) is 2.76. The van der Waals surface area contributed by atoms with Crippen LogP contribution in [-0.2, 0) is 0 Å². The summed E-state index contributed by atoms with van der Waals surface area (Å²) >= 11 is 7.18. The van der Waals surface area contributed by atoms with Gasteiger partial charge in [0.05, 0.1) is 31.9 Å². The second-order valence-electron chi connectivity index (χ2n) is 4.26. The minimum absolute atomic E-state index is 0.334. The zero-order valence-electron chi connectivity index (χ0n) is 12.8. The molecular weight excluding hydrogens is 340 g/mol. The Balaban J connectivity index is 2.17. The molecule has 0 saturated heterocycles. The minimum Gasteiger partial charge on any atom is -0.493 e. The van der Waals surface area contributed by atoms with Gasteiger partial charge >= 0.3 is 0 Å². The first kappa shape index (κ1) is 17.1. The Morgan fingerprint density at radius 2 is 1.83 bits per heavy atom. The molecule has 0 aliphatic carbocycles. The molecule has 1 aromatic carbocycles. The van der Waals surface area contributed by atoms with E-state index in [1.807, 2.05) is 6.07 Å². The number of thiophene rings is 1. The number of nitrogens with one attached hydrogen (secondary N) is 1. The van der Waals surface area contributed by atoms with Crippen LogP contribution in [0.25, 0.3) is 0 Å². The molecule has 8 heteroatoms. The monoisotopic (exact) mass is 354 g/mol. The number of hydrogen-bond donors (Lipinski definition) is 1. The van der Waals surface area contributed by atoms with E-state index >= 15 is 0 Å². The average molecular weight is 355 g/mol. The lowest BCUT2D eigenvalue weighted by molar-refractivity contribution is 0.0954. The van der Waals surface area contributed by atoms with Gasteiger partial charge in [0.2, 0.25) is 5.75 Å². The van der Waals surface area contributed by atoms with Gasteiger partial charge in [-0.25, -0.2) is 5.43 Å². The highest BCUT2D eigenvalue weighted by Gasteiger charge is 2.16. The number of rotatable bonds is 6. The number of amides is 1. The normalized spacial score (nSPS) is 10.6. The van der Waals surface area contributed by atoms with Gasteiger partial charge in [-0.1, -0.05) is 11.6 Å². The summed E-state index contributed by atoms with van der Waals surface area (Å²) in [6, 6.07) is 6.67. The molecule has 1 amide bonds. The zero-order valence-corrected chi connectivity index (χ0v) is 14.3. The number of carbonyl (C=O) groups excluding carboxylic acids is 1. The third-order valence-electron chi connectivity index (χ3n) is 2.88. The van der Waals surface area contributed by atoms with E-state index in [1.54, 1.807) is 18.2 Å². The van der Waals surface area contributed by atoms with Gasteiger partial charge in [0.15, 0.2) is 11.5 Å². The number of nitrogens with zero attached hydrogens (tertiary/aromatic N) is 1. The summed E-state index contributed by atoms with van der Waals surface area (Å²) in [4.78, 5) is 13.0. The quantitative estimate of drug-likeness (QED) is 0.639. The first-order chi connectivity index (χ1) is 11.1. The summed E-state index contributed by atoms with van der Waals surface area (Å²) in [7, 11) is 4.46. The second kappa shape index (κ2) is 7.85. The molecule has 122 valence electrons. The number of ether oxygens (including phenoxy) is 3. The van der Waals surface area contributed by atoms with E-state index in [4.69, 9.17) is 25.8 Å². The summed E-state index contributed by atoms with van der Waals surface area (Å²) in [6.07, 6.45) is 1.52. The lowest BCUT2D eigenvalue weighted by Gasteiger charge is -2.13. The summed E-state index contributed by atoms with van der Waals surface area (Å²) in [5, 5.41) is 3.90. The van der Waals surface area contributed by atoms with Crippen molar-refractivity contribution in [2.24, 2.45) is 5.10 Å². The Morgan fingerprint density at radius 1 is 1.17 bits per heavy atom. The van der Waals surface area contributed by atoms with E-state index in [0.29, 0.717) is 27.1 Å². The molecule has 0 aliphatic rings. The van der Waals surface area contributed by atoms with Crippen LogP contribution in [0, 0.1) is 0 Å². The lowest BCUT2D eigenvalue weighted by Crippen LogP contribution is -2.17. The number of halogens is 1. The molecule has 0 atom stereocenters. The maximum Gasteiger partial charge on any atom is 0.271 e. The second-order valence-corrected chi connectivity index (χ2v) is 6.00. The Kier molecular flexibility index (Phi) is 5.84. The Morgan fingerprint density at radius 3 is 2.30 bits per heavy atom. The molecular formula is C15H15ClN2O4S. The van der Waals surface area contributed by atoms with Crippen molar-refractivity contribution >= 4 is 35.1 Å². The third-order valence-corrected chi connectivity index (χ3v) is 4.04. The topological polar surface area (TPSA) is 69.2 Å². The van der Waals surface area contributed by atoms with Gasteiger partial charge in [-0.15, -0.1) is 11.3 Å². The van der Waals surface area contributed by atoms with Crippen LogP contribution in [0.5, 0.6) is 17.2 Å². The van der Waals surface area contributed by atoms with E-state index in [9.17, 15) is 4.79 Å². The molecule has 1 heterocycles. The van der Waals surface area contributed by atoms with E-state index in [2.05, 4.69) is 10.5 Å². The molecule has 2 aromatic rings. The van der Waals surface area contributed by atoms with E-state index in [0.717, 1.165) is 4.88 Å².